The SMILES string of the molecule is Cc1cccc2c1CNCC2C. The Labute approximate surface area is 73.8 Å². The number of rotatable bonds is 0. The molecule has 0 bridgehead atoms. The van der Waals surface area contributed by atoms with Gasteiger partial charge in [0.05, 0.1) is 0 Å². The van der Waals surface area contributed by atoms with Crippen LogP contribution in [0, 0.1) is 6.92 Å². The topological polar surface area (TPSA) is 12.0 Å². The summed E-state index contributed by atoms with van der Waals surface area (Å²) in [6.45, 7) is 6.64. The predicted octanol–water partition coefficient (Wildman–Crippen LogP) is 2.20. The third kappa shape index (κ3) is 1.14. The van der Waals surface area contributed by atoms with Crippen LogP contribution in [0.15, 0.2) is 18.2 Å². The summed E-state index contributed by atoms with van der Waals surface area (Å²) in [5.74, 6) is 0.675. The van der Waals surface area contributed by atoms with Gasteiger partial charge in [0.2, 0.25) is 0 Å². The summed E-state index contributed by atoms with van der Waals surface area (Å²) in [4.78, 5) is 0. The molecule has 2 rings (SSSR count). The molecule has 0 amide bonds. The third-order valence-electron chi connectivity index (χ3n) is 2.73. The van der Waals surface area contributed by atoms with Crippen molar-refractivity contribution >= 4 is 0 Å². The van der Waals surface area contributed by atoms with Gasteiger partial charge in [0, 0.05) is 13.1 Å². The summed E-state index contributed by atoms with van der Waals surface area (Å²) in [6.07, 6.45) is 0. The van der Waals surface area contributed by atoms with E-state index in [1.54, 1.807) is 0 Å². The minimum absolute atomic E-state index is 0.675. The van der Waals surface area contributed by atoms with Gasteiger partial charge in [-0.2, -0.15) is 0 Å². The van der Waals surface area contributed by atoms with E-state index < -0.39 is 0 Å². The molecule has 64 valence electrons. The average Bonchev–Trinajstić information content (AvgIpc) is 2.07. The number of aryl methyl sites for hydroxylation is 1. The van der Waals surface area contributed by atoms with E-state index in [0.29, 0.717) is 5.92 Å². The Kier molecular flexibility index (Phi) is 1.89. The molecule has 0 saturated heterocycles. The lowest BCUT2D eigenvalue weighted by molar-refractivity contribution is 0.569. The standard InChI is InChI=1S/C11H15N/c1-8-4-3-5-10-9(2)6-12-7-11(8)10/h3-5,9,12H,6-7H2,1-2H3. The van der Waals surface area contributed by atoms with E-state index in [9.17, 15) is 0 Å². The van der Waals surface area contributed by atoms with Crippen LogP contribution in [0.2, 0.25) is 0 Å². The van der Waals surface area contributed by atoms with Crippen molar-refractivity contribution in [3.63, 3.8) is 0 Å². The van der Waals surface area contributed by atoms with Crippen LogP contribution in [-0.2, 0) is 6.54 Å². The van der Waals surface area contributed by atoms with Crippen molar-refractivity contribution in [1.29, 1.82) is 0 Å². The first-order chi connectivity index (χ1) is 5.79. The van der Waals surface area contributed by atoms with Crippen molar-refractivity contribution < 1.29 is 0 Å². The summed E-state index contributed by atoms with van der Waals surface area (Å²) < 4.78 is 0. The Morgan fingerprint density at radius 2 is 2.25 bits per heavy atom. The highest BCUT2D eigenvalue weighted by molar-refractivity contribution is 5.38. The van der Waals surface area contributed by atoms with Gasteiger partial charge in [-0.25, -0.2) is 0 Å². The molecule has 0 spiro atoms. The van der Waals surface area contributed by atoms with Crippen molar-refractivity contribution in [2.75, 3.05) is 6.54 Å². The third-order valence-corrected chi connectivity index (χ3v) is 2.73. The van der Waals surface area contributed by atoms with E-state index in [2.05, 4.69) is 37.4 Å². The fraction of sp³-hybridized carbons (Fsp3) is 0.455. The monoisotopic (exact) mass is 161 g/mol. The lowest BCUT2D eigenvalue weighted by atomic mass is 9.90. The van der Waals surface area contributed by atoms with Gasteiger partial charge in [-0.3, -0.25) is 0 Å². The highest BCUT2D eigenvalue weighted by atomic mass is 14.9. The lowest BCUT2D eigenvalue weighted by Crippen LogP contribution is -2.27. The summed E-state index contributed by atoms with van der Waals surface area (Å²) in [6, 6.07) is 6.61. The molecule has 1 unspecified atom stereocenters. The second kappa shape index (κ2) is 2.91. The summed E-state index contributed by atoms with van der Waals surface area (Å²) >= 11 is 0. The van der Waals surface area contributed by atoms with Crippen LogP contribution in [0.1, 0.15) is 29.5 Å². The zero-order valence-corrected chi connectivity index (χ0v) is 7.72. The first-order valence-corrected chi connectivity index (χ1v) is 4.58. The van der Waals surface area contributed by atoms with Crippen LogP contribution >= 0.6 is 0 Å². The Morgan fingerprint density at radius 3 is 3.00 bits per heavy atom. The predicted molar refractivity (Wildman–Crippen MR) is 51.3 cm³/mol. The molecular weight excluding hydrogens is 146 g/mol. The molecule has 0 aromatic heterocycles. The molecule has 1 aromatic carbocycles. The minimum Gasteiger partial charge on any atom is -0.312 e. The van der Waals surface area contributed by atoms with Crippen LogP contribution < -0.4 is 5.32 Å². The van der Waals surface area contributed by atoms with E-state index in [-0.39, 0.29) is 0 Å². The fourth-order valence-corrected chi connectivity index (χ4v) is 1.95. The van der Waals surface area contributed by atoms with Gasteiger partial charge in [0.1, 0.15) is 0 Å². The van der Waals surface area contributed by atoms with E-state index in [4.69, 9.17) is 0 Å². The largest absolute Gasteiger partial charge is 0.312 e. The van der Waals surface area contributed by atoms with E-state index in [1.165, 1.54) is 16.7 Å². The molecule has 0 aliphatic carbocycles. The quantitative estimate of drug-likeness (QED) is 0.615. The highest BCUT2D eigenvalue weighted by Crippen LogP contribution is 2.25. The number of nitrogens with one attached hydrogen (secondary N) is 1. The lowest BCUT2D eigenvalue weighted by Gasteiger charge is -2.24. The maximum atomic E-state index is 3.43. The van der Waals surface area contributed by atoms with Crippen LogP contribution in [0.4, 0.5) is 0 Å². The normalized spacial score (nSPS) is 22.0. The van der Waals surface area contributed by atoms with Crippen molar-refractivity contribution in [3.05, 3.63) is 34.9 Å². The fourth-order valence-electron chi connectivity index (χ4n) is 1.95. The maximum absolute atomic E-state index is 3.43. The molecule has 12 heavy (non-hydrogen) atoms. The molecule has 1 atom stereocenters. The maximum Gasteiger partial charge on any atom is 0.0211 e. The second-order valence-electron chi connectivity index (χ2n) is 3.67. The average molecular weight is 161 g/mol. The molecule has 1 heteroatoms. The van der Waals surface area contributed by atoms with Gasteiger partial charge < -0.3 is 5.32 Å². The molecule has 1 aliphatic heterocycles. The van der Waals surface area contributed by atoms with Crippen molar-refractivity contribution in [2.24, 2.45) is 0 Å². The van der Waals surface area contributed by atoms with Gasteiger partial charge in [-0.05, 0) is 29.5 Å². The van der Waals surface area contributed by atoms with Gasteiger partial charge >= 0.3 is 0 Å². The molecule has 1 N–H and O–H groups in total. The smallest absolute Gasteiger partial charge is 0.0211 e. The summed E-state index contributed by atoms with van der Waals surface area (Å²) in [5, 5.41) is 3.43. The van der Waals surface area contributed by atoms with E-state index >= 15 is 0 Å². The molecule has 0 fully saturated rings. The highest BCUT2D eigenvalue weighted by Gasteiger charge is 2.16. The number of benzene rings is 1. The van der Waals surface area contributed by atoms with Crippen LogP contribution in [0.25, 0.3) is 0 Å². The molecule has 1 heterocycles. The zero-order chi connectivity index (χ0) is 8.55. The van der Waals surface area contributed by atoms with Gasteiger partial charge in [0.25, 0.3) is 0 Å². The number of fused-ring (bicyclic) bond motifs is 1. The summed E-state index contributed by atoms with van der Waals surface area (Å²) in [5.41, 5.74) is 4.47. The van der Waals surface area contributed by atoms with Gasteiger partial charge in [-0.15, -0.1) is 0 Å². The first kappa shape index (κ1) is 7.81. The van der Waals surface area contributed by atoms with Crippen LogP contribution in [0.3, 0.4) is 0 Å². The molecule has 0 saturated carbocycles. The Bertz CT molecular complexity index is 291. The number of hydrogen-bond donors (Lipinski definition) is 1. The number of hydrogen-bond acceptors (Lipinski definition) is 1. The Morgan fingerprint density at radius 1 is 1.42 bits per heavy atom. The van der Waals surface area contributed by atoms with Gasteiger partial charge in [0.15, 0.2) is 0 Å². The van der Waals surface area contributed by atoms with Crippen molar-refractivity contribution in [1.82, 2.24) is 5.32 Å². The molecule has 1 aromatic rings. The zero-order valence-electron chi connectivity index (χ0n) is 7.72. The minimum atomic E-state index is 0.675. The van der Waals surface area contributed by atoms with Crippen LogP contribution in [-0.4, -0.2) is 6.54 Å². The van der Waals surface area contributed by atoms with E-state index in [0.717, 1.165) is 13.1 Å². The molecular formula is C11H15N. The molecule has 1 aliphatic rings. The van der Waals surface area contributed by atoms with Crippen LogP contribution in [0.5, 0.6) is 0 Å². The molecule has 1 nitrogen and oxygen atoms in total. The second-order valence-corrected chi connectivity index (χ2v) is 3.67. The molecule has 0 radical (unpaired) electrons. The first-order valence-electron chi connectivity index (χ1n) is 4.58. The summed E-state index contributed by atoms with van der Waals surface area (Å²) in [7, 11) is 0. The Balaban J connectivity index is 2.52. The van der Waals surface area contributed by atoms with Gasteiger partial charge in [-0.1, -0.05) is 25.1 Å². The van der Waals surface area contributed by atoms with Crippen molar-refractivity contribution in [3.8, 4) is 0 Å². The van der Waals surface area contributed by atoms with Crippen molar-refractivity contribution in [2.45, 2.75) is 26.3 Å². The Hall–Kier alpha value is -0.820. The van der Waals surface area contributed by atoms with E-state index in [1.807, 2.05) is 0 Å².